The summed E-state index contributed by atoms with van der Waals surface area (Å²) in [6, 6.07) is 0.621. The van der Waals surface area contributed by atoms with Crippen molar-refractivity contribution in [3.05, 3.63) is 0 Å². The molecule has 3 nitrogen and oxygen atoms in total. The van der Waals surface area contributed by atoms with E-state index in [-0.39, 0.29) is 0 Å². The number of hydrogen-bond acceptors (Lipinski definition) is 3. The molecule has 1 aliphatic heterocycles. The molecule has 4 atom stereocenters. The molecule has 3 heteroatoms. The maximum absolute atomic E-state index is 5.62. The molecular formula is C16H34N2O. The van der Waals surface area contributed by atoms with Crippen LogP contribution < -0.4 is 5.32 Å². The zero-order valence-electron chi connectivity index (χ0n) is 13.6. The van der Waals surface area contributed by atoms with Crippen LogP contribution in [-0.4, -0.2) is 50.3 Å². The van der Waals surface area contributed by atoms with Gasteiger partial charge in [0.25, 0.3) is 0 Å². The van der Waals surface area contributed by atoms with E-state index in [1.807, 2.05) is 7.11 Å². The average molecular weight is 270 g/mol. The Morgan fingerprint density at radius 3 is 2.68 bits per heavy atom. The molecule has 0 spiro atoms. The zero-order chi connectivity index (χ0) is 14.3. The molecule has 1 saturated heterocycles. The van der Waals surface area contributed by atoms with Gasteiger partial charge in [-0.25, -0.2) is 0 Å². The summed E-state index contributed by atoms with van der Waals surface area (Å²) in [5, 5.41) is 3.73. The maximum Gasteiger partial charge on any atom is 0.0724 e. The number of nitrogens with one attached hydrogen (secondary N) is 1. The number of ether oxygens (including phenoxy) is 1. The van der Waals surface area contributed by atoms with Crippen molar-refractivity contribution in [2.45, 2.75) is 59.1 Å². The van der Waals surface area contributed by atoms with Crippen molar-refractivity contribution < 1.29 is 4.74 Å². The Morgan fingerprint density at radius 1 is 1.37 bits per heavy atom. The molecule has 1 heterocycles. The molecule has 1 aliphatic rings. The summed E-state index contributed by atoms with van der Waals surface area (Å²) in [5.41, 5.74) is 0. The molecule has 4 unspecified atom stereocenters. The van der Waals surface area contributed by atoms with Gasteiger partial charge in [0.05, 0.1) is 6.10 Å². The molecule has 0 aromatic rings. The standard InChI is InChI=1S/C16H34N2O/c1-6-9-17-15(13(3)7-2)11-18-10-8-14(4)16(12-18)19-5/h13-17H,6-12H2,1-5H3. The number of hydrogen-bond donors (Lipinski definition) is 1. The second-order valence-electron chi connectivity index (χ2n) is 6.25. The van der Waals surface area contributed by atoms with Crippen molar-refractivity contribution in [2.24, 2.45) is 11.8 Å². The van der Waals surface area contributed by atoms with Crippen molar-refractivity contribution in [1.29, 1.82) is 0 Å². The van der Waals surface area contributed by atoms with Crippen LogP contribution >= 0.6 is 0 Å². The number of piperidine rings is 1. The lowest BCUT2D eigenvalue weighted by molar-refractivity contribution is -0.00913. The van der Waals surface area contributed by atoms with Crippen LogP contribution in [-0.2, 0) is 4.74 Å². The van der Waals surface area contributed by atoms with Crippen LogP contribution in [0.4, 0.5) is 0 Å². The third kappa shape index (κ3) is 5.41. The second kappa shape index (κ2) is 8.93. The maximum atomic E-state index is 5.62. The normalized spacial score (nSPS) is 28.3. The van der Waals surface area contributed by atoms with Gasteiger partial charge >= 0.3 is 0 Å². The Morgan fingerprint density at radius 2 is 2.11 bits per heavy atom. The van der Waals surface area contributed by atoms with Crippen LogP contribution in [0.2, 0.25) is 0 Å². The van der Waals surface area contributed by atoms with Crippen LogP contribution in [0.15, 0.2) is 0 Å². The molecule has 0 amide bonds. The minimum absolute atomic E-state index is 0.414. The summed E-state index contributed by atoms with van der Waals surface area (Å²) in [5.74, 6) is 1.44. The fourth-order valence-electron chi connectivity index (χ4n) is 2.91. The summed E-state index contributed by atoms with van der Waals surface area (Å²) in [7, 11) is 1.85. The Labute approximate surface area is 120 Å². The fourth-order valence-corrected chi connectivity index (χ4v) is 2.91. The van der Waals surface area contributed by atoms with Gasteiger partial charge in [-0.3, -0.25) is 4.90 Å². The number of rotatable bonds is 8. The topological polar surface area (TPSA) is 24.5 Å². The molecule has 0 saturated carbocycles. The fraction of sp³-hybridized carbons (Fsp3) is 1.00. The van der Waals surface area contributed by atoms with Gasteiger partial charge in [0.2, 0.25) is 0 Å². The lowest BCUT2D eigenvalue weighted by Gasteiger charge is -2.39. The number of nitrogens with zero attached hydrogens (tertiary/aromatic N) is 1. The Hall–Kier alpha value is -0.120. The van der Waals surface area contributed by atoms with Crippen molar-refractivity contribution in [1.82, 2.24) is 10.2 Å². The summed E-state index contributed by atoms with van der Waals surface area (Å²) in [4.78, 5) is 2.59. The van der Waals surface area contributed by atoms with Crippen LogP contribution in [0.1, 0.15) is 47.0 Å². The van der Waals surface area contributed by atoms with Crippen LogP contribution in [0.3, 0.4) is 0 Å². The zero-order valence-corrected chi connectivity index (χ0v) is 13.6. The molecular weight excluding hydrogens is 236 g/mol. The van der Waals surface area contributed by atoms with E-state index >= 15 is 0 Å². The number of methoxy groups -OCH3 is 1. The van der Waals surface area contributed by atoms with E-state index in [0.717, 1.165) is 19.0 Å². The quantitative estimate of drug-likeness (QED) is 0.734. The third-order valence-electron chi connectivity index (χ3n) is 4.72. The van der Waals surface area contributed by atoms with Gasteiger partial charge in [-0.2, -0.15) is 0 Å². The van der Waals surface area contributed by atoms with Gasteiger partial charge in [-0.15, -0.1) is 0 Å². The first kappa shape index (κ1) is 16.9. The highest BCUT2D eigenvalue weighted by atomic mass is 16.5. The van der Waals surface area contributed by atoms with Crippen LogP contribution in [0, 0.1) is 11.8 Å². The lowest BCUT2D eigenvalue weighted by Crippen LogP contribution is -2.51. The molecule has 0 aromatic carbocycles. The SMILES string of the molecule is CCCNC(CN1CCC(C)C(OC)C1)C(C)CC. The van der Waals surface area contributed by atoms with Gasteiger partial charge in [-0.1, -0.05) is 34.1 Å². The van der Waals surface area contributed by atoms with Crippen molar-refractivity contribution in [3.8, 4) is 0 Å². The van der Waals surface area contributed by atoms with E-state index in [2.05, 4.69) is 37.9 Å². The van der Waals surface area contributed by atoms with Crippen molar-refractivity contribution in [3.63, 3.8) is 0 Å². The Bertz CT molecular complexity index is 235. The minimum atomic E-state index is 0.414. The first-order valence-electron chi connectivity index (χ1n) is 8.10. The van der Waals surface area contributed by atoms with Gasteiger partial charge in [0.15, 0.2) is 0 Å². The molecule has 0 aromatic heterocycles. The van der Waals surface area contributed by atoms with E-state index in [4.69, 9.17) is 4.74 Å². The van der Waals surface area contributed by atoms with E-state index in [0.29, 0.717) is 18.1 Å². The molecule has 0 bridgehead atoms. The number of likely N-dealkylation sites (tertiary alicyclic amines) is 1. The monoisotopic (exact) mass is 270 g/mol. The summed E-state index contributed by atoms with van der Waals surface area (Å²) >= 11 is 0. The van der Waals surface area contributed by atoms with Crippen LogP contribution in [0.25, 0.3) is 0 Å². The molecule has 0 radical (unpaired) electrons. The third-order valence-corrected chi connectivity index (χ3v) is 4.72. The van der Waals surface area contributed by atoms with Gasteiger partial charge < -0.3 is 10.1 Å². The molecule has 114 valence electrons. The molecule has 0 aliphatic carbocycles. The first-order valence-corrected chi connectivity index (χ1v) is 8.10. The Kier molecular flexibility index (Phi) is 7.96. The summed E-state index contributed by atoms with van der Waals surface area (Å²) < 4.78 is 5.62. The smallest absolute Gasteiger partial charge is 0.0724 e. The predicted molar refractivity (Wildman–Crippen MR) is 82.6 cm³/mol. The Balaban J connectivity index is 2.48. The average Bonchev–Trinajstić information content (AvgIpc) is 2.44. The highest BCUT2D eigenvalue weighted by Gasteiger charge is 2.28. The minimum Gasteiger partial charge on any atom is -0.380 e. The predicted octanol–water partition coefficient (Wildman–Crippen LogP) is 2.76. The molecule has 1 fully saturated rings. The van der Waals surface area contributed by atoms with Crippen molar-refractivity contribution >= 4 is 0 Å². The largest absolute Gasteiger partial charge is 0.380 e. The van der Waals surface area contributed by atoms with E-state index in [9.17, 15) is 0 Å². The molecule has 19 heavy (non-hydrogen) atoms. The van der Waals surface area contributed by atoms with Gasteiger partial charge in [0.1, 0.15) is 0 Å². The van der Waals surface area contributed by atoms with E-state index < -0.39 is 0 Å². The molecule has 1 rings (SSSR count). The van der Waals surface area contributed by atoms with E-state index in [1.54, 1.807) is 0 Å². The lowest BCUT2D eigenvalue weighted by atomic mass is 9.93. The van der Waals surface area contributed by atoms with Crippen LogP contribution in [0.5, 0.6) is 0 Å². The van der Waals surface area contributed by atoms with Crippen molar-refractivity contribution in [2.75, 3.05) is 33.3 Å². The molecule has 1 N–H and O–H groups in total. The summed E-state index contributed by atoms with van der Waals surface area (Å²) in [6.45, 7) is 13.8. The second-order valence-corrected chi connectivity index (χ2v) is 6.25. The van der Waals surface area contributed by atoms with Gasteiger partial charge in [-0.05, 0) is 37.8 Å². The van der Waals surface area contributed by atoms with E-state index in [1.165, 1.54) is 32.4 Å². The highest BCUT2D eigenvalue weighted by molar-refractivity contribution is 4.83. The highest BCUT2D eigenvalue weighted by Crippen LogP contribution is 2.20. The first-order chi connectivity index (χ1) is 9.12. The summed E-state index contributed by atoms with van der Waals surface area (Å²) in [6.07, 6.45) is 4.14. The van der Waals surface area contributed by atoms with Gasteiger partial charge in [0, 0.05) is 26.2 Å².